The first-order valence-corrected chi connectivity index (χ1v) is 7.97. The predicted octanol–water partition coefficient (Wildman–Crippen LogP) is 0.596. The Balaban J connectivity index is 2.34. The second kappa shape index (κ2) is 7.81. The Morgan fingerprint density at radius 3 is 2.79 bits per heavy atom. The number of amides is 3. The molecule has 0 spiro atoms. The van der Waals surface area contributed by atoms with Crippen LogP contribution < -0.4 is 15.8 Å². The van der Waals surface area contributed by atoms with E-state index in [4.69, 9.17) is 10.5 Å². The Bertz CT molecular complexity index is 632. The van der Waals surface area contributed by atoms with E-state index in [9.17, 15) is 14.4 Å². The minimum Gasteiger partial charge on any atom is -0.497 e. The lowest BCUT2D eigenvalue weighted by Crippen LogP contribution is -2.49. The molecule has 24 heavy (non-hydrogen) atoms. The summed E-state index contributed by atoms with van der Waals surface area (Å²) in [6.07, 6.45) is 0.741. The number of rotatable bonds is 6. The molecular formula is C17H23N3O4. The first kappa shape index (κ1) is 17.8. The van der Waals surface area contributed by atoms with Crippen molar-refractivity contribution in [2.24, 2.45) is 11.7 Å². The van der Waals surface area contributed by atoms with E-state index < -0.39 is 11.8 Å². The summed E-state index contributed by atoms with van der Waals surface area (Å²) in [5, 5.41) is 2.56. The molecule has 7 heteroatoms. The Morgan fingerprint density at radius 1 is 1.42 bits per heavy atom. The number of piperidine rings is 1. The topological polar surface area (TPSA) is 102 Å². The van der Waals surface area contributed by atoms with E-state index in [1.165, 1.54) is 0 Å². The molecule has 1 saturated heterocycles. The van der Waals surface area contributed by atoms with Crippen LogP contribution in [0.3, 0.4) is 0 Å². The maximum absolute atomic E-state index is 12.5. The van der Waals surface area contributed by atoms with E-state index in [1.54, 1.807) is 12.0 Å². The zero-order valence-electron chi connectivity index (χ0n) is 14.0. The number of nitrogens with zero attached hydrogens (tertiary/aromatic N) is 1. The lowest BCUT2D eigenvalue weighted by Gasteiger charge is -2.40. The minimum absolute atomic E-state index is 0.0178. The van der Waals surface area contributed by atoms with Gasteiger partial charge in [-0.15, -0.1) is 0 Å². The molecule has 0 bridgehead atoms. The van der Waals surface area contributed by atoms with E-state index in [-0.39, 0.29) is 24.4 Å². The smallest absolute Gasteiger partial charge is 0.236 e. The van der Waals surface area contributed by atoms with Gasteiger partial charge in [-0.1, -0.05) is 12.1 Å². The molecule has 0 radical (unpaired) electrons. The van der Waals surface area contributed by atoms with Crippen LogP contribution in [0, 0.1) is 5.92 Å². The molecule has 1 aliphatic heterocycles. The maximum Gasteiger partial charge on any atom is 0.236 e. The highest BCUT2D eigenvalue weighted by Gasteiger charge is 2.40. The lowest BCUT2D eigenvalue weighted by molar-refractivity contribution is -0.143. The minimum atomic E-state index is -0.597. The molecule has 0 unspecified atom stereocenters. The standard InChI is InChI=1S/C17H23N3O4/c1-3-20-15(22)8-7-13(17(23)19-10-14(18)21)16(20)11-5-4-6-12(9-11)24-2/h4-6,9,13,16H,3,7-8,10H2,1-2H3,(H2,18,21)(H,19,23)/t13-,16+/m1/s1. The zero-order valence-corrected chi connectivity index (χ0v) is 14.0. The predicted molar refractivity (Wildman–Crippen MR) is 88.1 cm³/mol. The summed E-state index contributed by atoms with van der Waals surface area (Å²) in [4.78, 5) is 37.4. The van der Waals surface area contributed by atoms with E-state index in [0.717, 1.165) is 5.56 Å². The molecule has 2 rings (SSSR count). The highest BCUT2D eigenvalue weighted by Crippen LogP contribution is 2.37. The summed E-state index contributed by atoms with van der Waals surface area (Å²) in [6, 6.07) is 6.97. The van der Waals surface area contributed by atoms with Crippen LogP contribution in [0.2, 0.25) is 0 Å². The number of nitrogens with two attached hydrogens (primary N) is 1. The van der Waals surface area contributed by atoms with Gasteiger partial charge in [0.1, 0.15) is 5.75 Å². The fourth-order valence-corrected chi connectivity index (χ4v) is 3.14. The van der Waals surface area contributed by atoms with E-state index in [0.29, 0.717) is 25.1 Å². The van der Waals surface area contributed by atoms with Crippen molar-refractivity contribution in [3.05, 3.63) is 29.8 Å². The molecule has 130 valence electrons. The van der Waals surface area contributed by atoms with Crippen LogP contribution in [-0.2, 0) is 14.4 Å². The normalized spacial score (nSPS) is 20.6. The van der Waals surface area contributed by atoms with Crippen molar-refractivity contribution < 1.29 is 19.1 Å². The van der Waals surface area contributed by atoms with E-state index in [1.807, 2.05) is 31.2 Å². The number of nitrogens with one attached hydrogen (secondary N) is 1. The fourth-order valence-electron chi connectivity index (χ4n) is 3.14. The number of likely N-dealkylation sites (tertiary alicyclic amines) is 1. The molecule has 1 heterocycles. The molecule has 1 aromatic rings. The van der Waals surface area contributed by atoms with E-state index >= 15 is 0 Å². The van der Waals surface area contributed by atoms with Crippen LogP contribution in [0.25, 0.3) is 0 Å². The first-order valence-electron chi connectivity index (χ1n) is 7.97. The van der Waals surface area contributed by atoms with Crippen LogP contribution in [0.5, 0.6) is 5.75 Å². The van der Waals surface area contributed by atoms with Crippen molar-refractivity contribution in [1.82, 2.24) is 10.2 Å². The number of ether oxygens (including phenoxy) is 1. The van der Waals surface area contributed by atoms with Gasteiger partial charge in [-0.2, -0.15) is 0 Å². The number of hydrogen-bond acceptors (Lipinski definition) is 4. The van der Waals surface area contributed by atoms with Crippen molar-refractivity contribution in [3.8, 4) is 5.75 Å². The Morgan fingerprint density at radius 2 is 2.17 bits per heavy atom. The van der Waals surface area contributed by atoms with Crippen LogP contribution in [0.4, 0.5) is 0 Å². The lowest BCUT2D eigenvalue weighted by atomic mass is 9.83. The largest absolute Gasteiger partial charge is 0.497 e. The summed E-state index contributed by atoms with van der Waals surface area (Å²) in [7, 11) is 1.57. The van der Waals surface area contributed by atoms with Gasteiger partial charge in [0.05, 0.1) is 25.6 Å². The molecule has 1 aliphatic rings. The van der Waals surface area contributed by atoms with Crippen molar-refractivity contribution in [3.63, 3.8) is 0 Å². The number of carbonyl (C=O) groups excluding carboxylic acids is 3. The van der Waals surface area contributed by atoms with Gasteiger partial charge in [-0.3, -0.25) is 14.4 Å². The molecule has 0 aliphatic carbocycles. The molecule has 1 aromatic carbocycles. The molecule has 2 atom stereocenters. The first-order chi connectivity index (χ1) is 11.5. The number of benzene rings is 1. The van der Waals surface area contributed by atoms with Crippen LogP contribution in [-0.4, -0.2) is 42.8 Å². The summed E-state index contributed by atoms with van der Waals surface area (Å²) in [6.45, 7) is 2.18. The van der Waals surface area contributed by atoms with Crippen molar-refractivity contribution >= 4 is 17.7 Å². The van der Waals surface area contributed by atoms with Crippen LogP contribution >= 0.6 is 0 Å². The average molecular weight is 333 g/mol. The van der Waals surface area contributed by atoms with Gasteiger partial charge in [0.25, 0.3) is 0 Å². The molecule has 3 amide bonds. The number of carbonyl (C=O) groups is 3. The van der Waals surface area contributed by atoms with Crippen molar-refractivity contribution in [1.29, 1.82) is 0 Å². The van der Waals surface area contributed by atoms with Gasteiger partial charge in [0.15, 0.2) is 0 Å². The Kier molecular flexibility index (Phi) is 5.78. The van der Waals surface area contributed by atoms with Crippen molar-refractivity contribution in [2.45, 2.75) is 25.8 Å². The number of primary amides is 1. The van der Waals surface area contributed by atoms with Gasteiger partial charge >= 0.3 is 0 Å². The molecular weight excluding hydrogens is 310 g/mol. The van der Waals surface area contributed by atoms with Crippen molar-refractivity contribution in [2.75, 3.05) is 20.2 Å². The average Bonchev–Trinajstić information content (AvgIpc) is 2.59. The third-order valence-corrected chi connectivity index (χ3v) is 4.26. The summed E-state index contributed by atoms with van der Waals surface area (Å²) in [5.74, 6) is -0.621. The summed E-state index contributed by atoms with van der Waals surface area (Å²) < 4.78 is 5.25. The highest BCUT2D eigenvalue weighted by molar-refractivity contribution is 5.88. The van der Waals surface area contributed by atoms with Crippen LogP contribution in [0.1, 0.15) is 31.4 Å². The second-order valence-electron chi connectivity index (χ2n) is 5.73. The molecule has 7 nitrogen and oxygen atoms in total. The molecule has 3 N–H and O–H groups in total. The quantitative estimate of drug-likeness (QED) is 0.795. The van der Waals surface area contributed by atoms with Gasteiger partial charge in [-0.25, -0.2) is 0 Å². The number of methoxy groups -OCH3 is 1. The van der Waals surface area contributed by atoms with Gasteiger partial charge in [0.2, 0.25) is 17.7 Å². The van der Waals surface area contributed by atoms with Gasteiger partial charge < -0.3 is 20.7 Å². The fraction of sp³-hybridized carbons (Fsp3) is 0.471. The maximum atomic E-state index is 12.5. The SMILES string of the molecule is CCN1C(=O)CC[C@@H](C(=O)NCC(N)=O)[C@@H]1c1cccc(OC)c1. The monoisotopic (exact) mass is 333 g/mol. The Hall–Kier alpha value is -2.57. The highest BCUT2D eigenvalue weighted by atomic mass is 16.5. The zero-order chi connectivity index (χ0) is 17.7. The second-order valence-corrected chi connectivity index (χ2v) is 5.73. The third kappa shape index (κ3) is 3.84. The summed E-state index contributed by atoms with van der Waals surface area (Å²) in [5.41, 5.74) is 5.93. The van der Waals surface area contributed by atoms with Crippen LogP contribution in [0.15, 0.2) is 24.3 Å². The van der Waals surface area contributed by atoms with E-state index in [2.05, 4.69) is 5.32 Å². The molecule has 0 saturated carbocycles. The number of hydrogen-bond donors (Lipinski definition) is 2. The Labute approximate surface area is 141 Å². The van der Waals surface area contributed by atoms with Gasteiger partial charge in [-0.05, 0) is 31.0 Å². The molecule has 0 aromatic heterocycles. The van der Waals surface area contributed by atoms with Gasteiger partial charge in [0, 0.05) is 13.0 Å². The molecule has 1 fully saturated rings. The third-order valence-electron chi connectivity index (χ3n) is 4.26. The summed E-state index contributed by atoms with van der Waals surface area (Å²) >= 11 is 0.